The second-order valence-electron chi connectivity index (χ2n) is 18.2. The highest BCUT2D eigenvalue weighted by molar-refractivity contribution is 6.21. The van der Waals surface area contributed by atoms with Crippen molar-refractivity contribution in [1.82, 2.24) is 14.8 Å². The second-order valence-corrected chi connectivity index (χ2v) is 18.2. The number of rotatable bonds is 10. The number of benzene rings is 2. The van der Waals surface area contributed by atoms with E-state index in [1.165, 1.54) is 50.6 Å². The van der Waals surface area contributed by atoms with Crippen LogP contribution in [0.15, 0.2) is 47.7 Å². The second kappa shape index (κ2) is 14.6. The number of carbonyl (C=O) groups is 3. The lowest BCUT2D eigenvalue weighted by atomic mass is 9.45. The summed E-state index contributed by atoms with van der Waals surface area (Å²) in [5.41, 5.74) is 4.39. The third-order valence-corrected chi connectivity index (χ3v) is 15.3. The third kappa shape index (κ3) is 6.42. The molecule has 2 aliphatic heterocycles. The van der Waals surface area contributed by atoms with Gasteiger partial charge >= 0.3 is 0 Å². The van der Waals surface area contributed by atoms with Gasteiger partial charge in [-0.2, -0.15) is 5.10 Å². The van der Waals surface area contributed by atoms with Crippen LogP contribution in [0.5, 0.6) is 0 Å². The van der Waals surface area contributed by atoms with Gasteiger partial charge in [0.25, 0.3) is 0 Å². The van der Waals surface area contributed by atoms with E-state index < -0.39 is 5.82 Å². The van der Waals surface area contributed by atoms with Crippen LogP contribution in [0.1, 0.15) is 137 Å². The van der Waals surface area contributed by atoms with Gasteiger partial charge in [0.2, 0.25) is 5.91 Å². The summed E-state index contributed by atoms with van der Waals surface area (Å²) in [5.74, 6) is 2.97. The Kier molecular flexibility index (Phi) is 9.73. The summed E-state index contributed by atoms with van der Waals surface area (Å²) in [4.78, 5) is 47.2. The first-order valence-electron chi connectivity index (χ1n) is 21.1. The SMILES string of the molecule is Cn1ncnc1C1C2=NCC(=O)c3cc(F)cc(c32)N[C@@H]1c1ccc(NC(=O)CCCCCOC2CC[C@H]3[C@@H]4CC[C@H]5CC(=O)CC[C@]5(C)[C@H]4CC[C@]23C)cc1. The number of Topliss-reactive ketones (excluding diaryl/α,β-unsaturated/α-hetero) is 2. The number of aromatic nitrogens is 3. The number of ketones is 2. The summed E-state index contributed by atoms with van der Waals surface area (Å²) in [7, 11) is 1.82. The maximum atomic E-state index is 14.7. The Bertz CT molecular complexity index is 2060. The van der Waals surface area contributed by atoms with Gasteiger partial charge in [0, 0.05) is 55.4 Å². The molecule has 1 amide bonds. The van der Waals surface area contributed by atoms with Crippen LogP contribution in [-0.4, -0.2) is 57.2 Å². The topological polar surface area (TPSA) is 128 Å². The molecule has 2 N–H and O–H groups in total. The van der Waals surface area contributed by atoms with E-state index in [0.29, 0.717) is 63.7 Å². The average molecular weight is 763 g/mol. The maximum absolute atomic E-state index is 14.7. The van der Waals surface area contributed by atoms with Gasteiger partial charge < -0.3 is 15.4 Å². The molecule has 0 bridgehead atoms. The Morgan fingerprint density at radius 3 is 2.62 bits per heavy atom. The lowest BCUT2D eigenvalue weighted by Crippen LogP contribution is -2.54. The predicted octanol–water partition coefficient (Wildman–Crippen LogP) is 8.39. The molecular weight excluding hydrogens is 708 g/mol. The Morgan fingerprint density at radius 1 is 1.00 bits per heavy atom. The van der Waals surface area contributed by atoms with Gasteiger partial charge in [-0.1, -0.05) is 32.4 Å². The molecule has 0 spiro atoms. The van der Waals surface area contributed by atoms with Crippen molar-refractivity contribution < 1.29 is 23.5 Å². The van der Waals surface area contributed by atoms with Crippen LogP contribution in [0.25, 0.3) is 0 Å². The van der Waals surface area contributed by atoms with Crippen molar-refractivity contribution in [1.29, 1.82) is 0 Å². The number of ether oxygens (including phenoxy) is 1. The number of aryl methyl sites for hydroxylation is 1. The van der Waals surface area contributed by atoms with E-state index >= 15 is 0 Å². The molecule has 4 aliphatic carbocycles. The van der Waals surface area contributed by atoms with Crippen LogP contribution in [0, 0.1) is 40.3 Å². The summed E-state index contributed by atoms with van der Waals surface area (Å²) in [6, 6.07) is 10.0. The molecule has 10 nitrogen and oxygen atoms in total. The number of halogens is 1. The number of nitrogens with one attached hydrogen (secondary N) is 2. The summed E-state index contributed by atoms with van der Waals surface area (Å²) < 4.78 is 23.0. The Morgan fingerprint density at radius 2 is 1.82 bits per heavy atom. The molecule has 6 aliphatic rings. The first-order valence-corrected chi connectivity index (χ1v) is 21.1. The molecule has 4 saturated carbocycles. The number of fused-ring (bicyclic) bond motifs is 5. The molecule has 296 valence electrons. The number of hydrogen-bond donors (Lipinski definition) is 2. The monoisotopic (exact) mass is 762 g/mol. The standard InChI is InChI=1S/C45H55FN6O4/c1-44-18-16-30(53)21-27(44)10-13-31-33-14-15-37(45(33,2)19-17-34(31)44)56-20-6-4-5-7-38(55)50-29-11-8-26(9-12-29)41-40(43-48-25-49-52(43)3)42-39-32(36(54)24-47-42)22-28(46)23-35(39)51-41/h8-9,11-12,22-23,25,27,31,33-34,37,40-41,51H,4-7,10,13-21,24H2,1-3H3,(H,50,55)/t27-,31-,33-,34-,37?,40?,41+,44-,45-/m0/s1. The van der Waals surface area contributed by atoms with E-state index in [9.17, 15) is 18.8 Å². The van der Waals surface area contributed by atoms with Gasteiger partial charge in [-0.3, -0.25) is 24.1 Å². The summed E-state index contributed by atoms with van der Waals surface area (Å²) in [6.45, 7) is 5.73. The van der Waals surface area contributed by atoms with E-state index in [2.05, 4.69) is 39.6 Å². The predicted molar refractivity (Wildman–Crippen MR) is 212 cm³/mol. The smallest absolute Gasteiger partial charge is 0.224 e. The minimum Gasteiger partial charge on any atom is -0.378 e. The first-order chi connectivity index (χ1) is 27.0. The van der Waals surface area contributed by atoms with Crippen LogP contribution < -0.4 is 10.6 Å². The Hall–Kier alpha value is -4.25. The van der Waals surface area contributed by atoms with Crippen molar-refractivity contribution in [3.63, 3.8) is 0 Å². The third-order valence-electron chi connectivity index (χ3n) is 15.3. The molecule has 0 radical (unpaired) electrons. The molecule has 3 heterocycles. The maximum Gasteiger partial charge on any atom is 0.224 e. The first kappa shape index (κ1) is 37.3. The number of carbonyl (C=O) groups excluding carboxylic acids is 3. The molecule has 0 saturated heterocycles. The number of aliphatic imine (C=N–C) groups is 1. The van der Waals surface area contributed by atoms with E-state index in [-0.39, 0.29) is 35.6 Å². The van der Waals surface area contributed by atoms with Gasteiger partial charge in [0.05, 0.1) is 23.8 Å². The van der Waals surface area contributed by atoms with Gasteiger partial charge in [-0.15, -0.1) is 0 Å². The van der Waals surface area contributed by atoms with Crippen molar-refractivity contribution >= 4 is 34.6 Å². The fraction of sp³-hybridized carbons (Fsp3) is 0.600. The van der Waals surface area contributed by atoms with Gasteiger partial charge in [0.15, 0.2) is 5.78 Å². The molecule has 9 atom stereocenters. The molecule has 4 fully saturated rings. The van der Waals surface area contributed by atoms with Crippen molar-refractivity contribution in [3.05, 3.63) is 71.1 Å². The number of hydrogen-bond acceptors (Lipinski definition) is 8. The summed E-state index contributed by atoms with van der Waals surface area (Å²) in [5, 5.41) is 10.8. The van der Waals surface area contributed by atoms with Crippen molar-refractivity contribution in [2.45, 2.75) is 115 Å². The lowest BCUT2D eigenvalue weighted by Gasteiger charge is -2.60. The molecule has 2 unspecified atom stereocenters. The molecule has 1 aromatic heterocycles. The fourth-order valence-corrected chi connectivity index (χ4v) is 12.4. The van der Waals surface area contributed by atoms with E-state index in [4.69, 9.17) is 4.74 Å². The highest BCUT2D eigenvalue weighted by atomic mass is 19.1. The van der Waals surface area contributed by atoms with Crippen molar-refractivity contribution in [2.24, 2.45) is 46.5 Å². The van der Waals surface area contributed by atoms with Crippen LogP contribution in [-0.2, 0) is 21.4 Å². The van der Waals surface area contributed by atoms with Crippen LogP contribution in [0.2, 0.25) is 0 Å². The number of amides is 1. The molecule has 9 rings (SSSR count). The van der Waals surface area contributed by atoms with E-state index in [1.807, 2.05) is 31.3 Å². The Labute approximate surface area is 328 Å². The van der Waals surface area contributed by atoms with Crippen molar-refractivity contribution in [3.8, 4) is 0 Å². The fourth-order valence-electron chi connectivity index (χ4n) is 12.4. The molecule has 3 aromatic rings. The zero-order valence-corrected chi connectivity index (χ0v) is 33.0. The Balaban J connectivity index is 0.763. The van der Waals surface area contributed by atoms with E-state index in [0.717, 1.165) is 74.9 Å². The number of nitrogens with zero attached hydrogens (tertiary/aromatic N) is 4. The van der Waals surface area contributed by atoms with Gasteiger partial charge in [-0.05, 0) is 122 Å². The summed E-state index contributed by atoms with van der Waals surface area (Å²) in [6.07, 6.45) is 15.1. The van der Waals surface area contributed by atoms with Crippen LogP contribution in [0.3, 0.4) is 0 Å². The minimum absolute atomic E-state index is 0.0155. The quantitative estimate of drug-likeness (QED) is 0.199. The largest absolute Gasteiger partial charge is 0.378 e. The zero-order valence-electron chi connectivity index (χ0n) is 33.0. The normalized spacial score (nSPS) is 33.1. The minimum atomic E-state index is -0.478. The van der Waals surface area contributed by atoms with Crippen LogP contribution >= 0.6 is 0 Å². The molecule has 11 heteroatoms. The lowest BCUT2D eigenvalue weighted by molar-refractivity contribution is -0.145. The highest BCUT2D eigenvalue weighted by Crippen LogP contribution is 2.66. The van der Waals surface area contributed by atoms with E-state index in [1.54, 1.807) is 4.68 Å². The van der Waals surface area contributed by atoms with Gasteiger partial charge in [0.1, 0.15) is 30.3 Å². The number of anilines is 2. The molecule has 2 aromatic carbocycles. The van der Waals surface area contributed by atoms with Crippen LogP contribution in [0.4, 0.5) is 15.8 Å². The number of unbranched alkanes of at least 4 members (excludes halogenated alkanes) is 2. The molecular formula is C45H55FN6O4. The summed E-state index contributed by atoms with van der Waals surface area (Å²) >= 11 is 0. The molecule has 56 heavy (non-hydrogen) atoms. The zero-order chi connectivity index (χ0) is 38.8. The average Bonchev–Trinajstić information content (AvgIpc) is 3.76. The van der Waals surface area contributed by atoms with Gasteiger partial charge in [-0.25, -0.2) is 9.37 Å². The van der Waals surface area contributed by atoms with Crippen molar-refractivity contribution in [2.75, 3.05) is 23.8 Å². The highest BCUT2D eigenvalue weighted by Gasteiger charge is 2.60.